The second kappa shape index (κ2) is 8.33. The van der Waals surface area contributed by atoms with Crippen molar-refractivity contribution in [2.75, 3.05) is 10.6 Å². The van der Waals surface area contributed by atoms with Crippen LogP contribution in [0.25, 0.3) is 0 Å². The molecule has 0 amide bonds. The first-order chi connectivity index (χ1) is 14.5. The monoisotopic (exact) mass is 413 g/mol. The van der Waals surface area contributed by atoms with Gasteiger partial charge in [0.25, 0.3) is 0 Å². The number of hydrogen-bond donors (Lipinski definition) is 2. The fourth-order valence-electron chi connectivity index (χ4n) is 3.39. The second-order valence-electron chi connectivity index (χ2n) is 7.45. The van der Waals surface area contributed by atoms with Gasteiger partial charge in [0.15, 0.2) is 5.82 Å². The summed E-state index contributed by atoms with van der Waals surface area (Å²) in [6.07, 6.45) is 3.01. The molecule has 1 fully saturated rings. The number of rotatable bonds is 8. The molecule has 7 nitrogen and oxygen atoms in total. The molecule has 1 aromatic carbocycles. The van der Waals surface area contributed by atoms with Gasteiger partial charge in [0.05, 0.1) is 6.04 Å². The first-order valence-electron chi connectivity index (χ1n) is 10.3. The molecule has 1 unspecified atom stereocenters. The maximum atomic E-state index is 14.1. The maximum Gasteiger partial charge on any atom is 0.233 e. The van der Waals surface area contributed by atoms with Crippen molar-refractivity contribution in [3.8, 4) is 0 Å². The number of hydrogen-bond acceptors (Lipinski definition) is 6. The van der Waals surface area contributed by atoms with Crippen LogP contribution in [-0.2, 0) is 13.0 Å². The van der Waals surface area contributed by atoms with Crippen LogP contribution in [0, 0.1) is 11.6 Å². The summed E-state index contributed by atoms with van der Waals surface area (Å²) in [5.74, 6) is 1.34. The van der Waals surface area contributed by atoms with E-state index in [0.29, 0.717) is 41.4 Å². The molecule has 30 heavy (non-hydrogen) atoms. The molecule has 1 aliphatic carbocycles. The Kier molecular flexibility index (Phi) is 5.61. The number of aryl methyl sites for hydroxylation is 2. The van der Waals surface area contributed by atoms with Crippen LogP contribution in [0.4, 0.5) is 26.5 Å². The Morgan fingerprint density at radius 3 is 2.53 bits per heavy atom. The number of nitrogens with zero attached hydrogens (tertiary/aromatic N) is 5. The summed E-state index contributed by atoms with van der Waals surface area (Å²) in [4.78, 5) is 13.2. The Morgan fingerprint density at radius 1 is 1.10 bits per heavy atom. The van der Waals surface area contributed by atoms with Crippen molar-refractivity contribution >= 4 is 17.7 Å². The van der Waals surface area contributed by atoms with Gasteiger partial charge in [0, 0.05) is 42.3 Å². The van der Waals surface area contributed by atoms with E-state index in [0.717, 1.165) is 12.6 Å². The van der Waals surface area contributed by atoms with E-state index in [9.17, 15) is 8.78 Å². The van der Waals surface area contributed by atoms with E-state index in [1.165, 1.54) is 30.7 Å². The molecule has 9 heteroatoms. The number of anilines is 3. The summed E-state index contributed by atoms with van der Waals surface area (Å²) in [5, 5.41) is 10.9. The molecule has 2 heterocycles. The van der Waals surface area contributed by atoms with Crippen LogP contribution in [0.5, 0.6) is 0 Å². The average Bonchev–Trinajstić information content (AvgIpc) is 3.48. The van der Waals surface area contributed by atoms with E-state index < -0.39 is 17.7 Å². The highest BCUT2D eigenvalue weighted by atomic mass is 19.1. The van der Waals surface area contributed by atoms with Gasteiger partial charge in [-0.3, -0.25) is 4.68 Å². The van der Waals surface area contributed by atoms with Gasteiger partial charge in [-0.25, -0.2) is 8.78 Å². The number of benzene rings is 1. The third kappa shape index (κ3) is 4.39. The van der Waals surface area contributed by atoms with Crippen LogP contribution in [0.15, 0.2) is 24.3 Å². The standard InChI is InChI=1S/C21H25F2N7/c1-4-18-25-20(24-12(3)15-9-8-14(22)10-16(15)23)28-21(26-18)27-19-11-17(13-6-7-13)30(5-2)29-19/h8-13H,4-7H2,1-3H3,(H2,24,25,26,27,28,29). The fraction of sp³-hybridized carbons (Fsp3) is 0.429. The van der Waals surface area contributed by atoms with Crippen molar-refractivity contribution < 1.29 is 8.78 Å². The summed E-state index contributed by atoms with van der Waals surface area (Å²) in [7, 11) is 0. The molecule has 1 atom stereocenters. The van der Waals surface area contributed by atoms with Crippen molar-refractivity contribution in [1.82, 2.24) is 24.7 Å². The zero-order valence-corrected chi connectivity index (χ0v) is 17.3. The van der Waals surface area contributed by atoms with Crippen LogP contribution in [0.2, 0.25) is 0 Å². The number of aromatic nitrogens is 5. The van der Waals surface area contributed by atoms with Gasteiger partial charge in [0.1, 0.15) is 17.5 Å². The molecule has 2 N–H and O–H groups in total. The lowest BCUT2D eigenvalue weighted by Crippen LogP contribution is -2.14. The minimum Gasteiger partial charge on any atom is -0.347 e. The molecule has 3 aromatic rings. The molecule has 158 valence electrons. The maximum absolute atomic E-state index is 14.1. The Labute approximate surface area is 174 Å². The third-order valence-corrected chi connectivity index (χ3v) is 5.12. The molecule has 2 aromatic heterocycles. The Morgan fingerprint density at radius 2 is 1.87 bits per heavy atom. The molecular weight excluding hydrogens is 388 g/mol. The van der Waals surface area contributed by atoms with Crippen LogP contribution < -0.4 is 10.6 Å². The first-order valence-corrected chi connectivity index (χ1v) is 10.3. The molecule has 0 bridgehead atoms. The summed E-state index contributed by atoms with van der Waals surface area (Å²) >= 11 is 0. The smallest absolute Gasteiger partial charge is 0.233 e. The van der Waals surface area contributed by atoms with E-state index in [4.69, 9.17) is 0 Å². The predicted molar refractivity (Wildman–Crippen MR) is 111 cm³/mol. The molecule has 0 spiro atoms. The molecule has 1 saturated carbocycles. The quantitative estimate of drug-likeness (QED) is 0.556. The normalized spacial score (nSPS) is 14.6. The van der Waals surface area contributed by atoms with Gasteiger partial charge in [-0.2, -0.15) is 20.1 Å². The SMILES string of the molecule is CCc1nc(Nc2cc(C3CC3)n(CC)n2)nc(NC(C)c2ccc(F)cc2F)n1. The van der Waals surface area contributed by atoms with Crippen molar-refractivity contribution in [3.05, 3.63) is 53.0 Å². The van der Waals surface area contributed by atoms with Crippen molar-refractivity contribution in [1.29, 1.82) is 0 Å². The van der Waals surface area contributed by atoms with E-state index in [2.05, 4.69) is 37.6 Å². The molecule has 1 aliphatic rings. The second-order valence-corrected chi connectivity index (χ2v) is 7.45. The Hall–Kier alpha value is -3.10. The highest BCUT2D eigenvalue weighted by molar-refractivity contribution is 5.50. The number of nitrogens with one attached hydrogen (secondary N) is 2. The van der Waals surface area contributed by atoms with Crippen molar-refractivity contribution in [3.63, 3.8) is 0 Å². The zero-order valence-electron chi connectivity index (χ0n) is 17.3. The van der Waals surface area contributed by atoms with Crippen LogP contribution in [-0.4, -0.2) is 24.7 Å². The third-order valence-electron chi connectivity index (χ3n) is 5.12. The minimum atomic E-state index is -0.615. The molecule has 0 aliphatic heterocycles. The van der Waals surface area contributed by atoms with Gasteiger partial charge in [-0.1, -0.05) is 13.0 Å². The first kappa shape index (κ1) is 20.2. The molecule has 0 radical (unpaired) electrons. The lowest BCUT2D eigenvalue weighted by atomic mass is 10.1. The average molecular weight is 413 g/mol. The summed E-state index contributed by atoms with van der Waals surface area (Å²) in [6, 6.07) is 5.11. The summed E-state index contributed by atoms with van der Waals surface area (Å²) in [5.41, 5.74) is 1.56. The van der Waals surface area contributed by atoms with Crippen LogP contribution >= 0.6 is 0 Å². The zero-order chi connectivity index (χ0) is 21.3. The predicted octanol–water partition coefficient (Wildman–Crippen LogP) is 4.72. The van der Waals surface area contributed by atoms with Gasteiger partial charge >= 0.3 is 0 Å². The molecule has 4 rings (SSSR count). The lowest BCUT2D eigenvalue weighted by Gasteiger charge is -2.16. The van der Waals surface area contributed by atoms with Crippen LogP contribution in [0.3, 0.4) is 0 Å². The number of halogens is 2. The van der Waals surface area contributed by atoms with E-state index >= 15 is 0 Å². The van der Waals surface area contributed by atoms with Crippen LogP contribution in [0.1, 0.15) is 62.7 Å². The van der Waals surface area contributed by atoms with Crippen molar-refractivity contribution in [2.45, 2.75) is 58.5 Å². The van der Waals surface area contributed by atoms with E-state index in [1.54, 1.807) is 6.92 Å². The van der Waals surface area contributed by atoms with E-state index in [-0.39, 0.29) is 0 Å². The van der Waals surface area contributed by atoms with Gasteiger partial charge in [-0.05, 0) is 32.8 Å². The van der Waals surface area contributed by atoms with Gasteiger partial charge in [0.2, 0.25) is 11.9 Å². The largest absolute Gasteiger partial charge is 0.347 e. The molecular formula is C21H25F2N7. The van der Waals surface area contributed by atoms with E-state index in [1.807, 2.05) is 17.7 Å². The lowest BCUT2D eigenvalue weighted by molar-refractivity contribution is 0.566. The highest BCUT2D eigenvalue weighted by Gasteiger charge is 2.28. The Bertz CT molecular complexity index is 1050. The topological polar surface area (TPSA) is 80.5 Å². The Balaban J connectivity index is 1.56. The fourth-order valence-corrected chi connectivity index (χ4v) is 3.39. The minimum absolute atomic E-state index is 0.318. The summed E-state index contributed by atoms with van der Waals surface area (Å²) < 4.78 is 29.3. The highest BCUT2D eigenvalue weighted by Crippen LogP contribution is 2.41. The van der Waals surface area contributed by atoms with Gasteiger partial charge in [-0.15, -0.1) is 0 Å². The van der Waals surface area contributed by atoms with Gasteiger partial charge < -0.3 is 10.6 Å². The summed E-state index contributed by atoms with van der Waals surface area (Å²) in [6.45, 7) is 6.59. The molecule has 0 saturated heterocycles. The van der Waals surface area contributed by atoms with Crippen molar-refractivity contribution in [2.24, 2.45) is 0 Å².